The first-order valence-corrected chi connectivity index (χ1v) is 10.5. The van der Waals surface area contributed by atoms with Crippen LogP contribution in [0, 0.1) is 0 Å². The Balaban J connectivity index is 1.53. The van der Waals surface area contributed by atoms with E-state index in [0.29, 0.717) is 11.3 Å². The zero-order valence-electron chi connectivity index (χ0n) is 17.4. The Morgan fingerprint density at radius 2 is 1.15 bits per heavy atom. The quantitative estimate of drug-likeness (QED) is 0.752. The third-order valence-corrected chi connectivity index (χ3v) is 5.52. The molecule has 6 nitrogen and oxygen atoms in total. The standard InChI is InChI=1S/C27H17N5O/c28-27(33)24-4-2-1-3-23(24)25-14-22-13-20-8-7-18(30-20)11-16-5-6-17(29-16)12-19-9-10-21(31-19)15-26(25)32-22/h1-15H,(H2,28,33). The summed E-state index contributed by atoms with van der Waals surface area (Å²) in [6.07, 6.45) is 21.4. The Morgan fingerprint density at radius 1 is 0.606 bits per heavy atom. The summed E-state index contributed by atoms with van der Waals surface area (Å²) in [5.74, 6) is -0.482. The fraction of sp³-hybridized carbons (Fsp3) is 0. The smallest absolute Gasteiger partial charge is 0.249 e. The van der Waals surface area contributed by atoms with Crippen molar-refractivity contribution in [2.45, 2.75) is 0 Å². The molecule has 5 aliphatic rings. The molecule has 0 aromatic heterocycles. The Kier molecular flexibility index (Phi) is 4.30. The molecular formula is C27H17N5O. The summed E-state index contributed by atoms with van der Waals surface area (Å²) in [4.78, 5) is 30.9. The van der Waals surface area contributed by atoms with E-state index in [-0.39, 0.29) is 0 Å². The van der Waals surface area contributed by atoms with Crippen LogP contribution in [-0.2, 0) is 0 Å². The number of amides is 1. The van der Waals surface area contributed by atoms with E-state index >= 15 is 0 Å². The number of hydrogen-bond donors (Lipinski definition) is 1. The summed E-state index contributed by atoms with van der Waals surface area (Å²) >= 11 is 0. The molecule has 156 valence electrons. The van der Waals surface area contributed by atoms with Crippen molar-refractivity contribution in [2.24, 2.45) is 25.7 Å². The van der Waals surface area contributed by atoms with Gasteiger partial charge in [0.2, 0.25) is 5.91 Å². The van der Waals surface area contributed by atoms with Crippen LogP contribution in [0.25, 0.3) is 5.57 Å². The Bertz CT molecular complexity index is 1510. The third kappa shape index (κ3) is 3.64. The second kappa shape index (κ2) is 7.46. The normalized spacial score (nSPS) is 19.8. The molecule has 33 heavy (non-hydrogen) atoms. The van der Waals surface area contributed by atoms with Crippen LogP contribution in [0.3, 0.4) is 0 Å². The van der Waals surface area contributed by atoms with Gasteiger partial charge in [-0.25, -0.2) is 20.0 Å². The monoisotopic (exact) mass is 427 g/mol. The lowest BCUT2D eigenvalue weighted by Crippen LogP contribution is -2.14. The first kappa shape index (κ1) is 19.0. The molecule has 1 aromatic rings. The van der Waals surface area contributed by atoms with E-state index in [0.717, 1.165) is 51.1 Å². The third-order valence-electron chi connectivity index (χ3n) is 5.52. The van der Waals surface area contributed by atoms with Crippen molar-refractivity contribution >= 4 is 34.3 Å². The molecule has 8 bridgehead atoms. The molecule has 0 saturated carbocycles. The van der Waals surface area contributed by atoms with Gasteiger partial charge in [-0.3, -0.25) is 4.79 Å². The zero-order chi connectivity index (χ0) is 22.4. The van der Waals surface area contributed by atoms with Gasteiger partial charge < -0.3 is 5.73 Å². The molecule has 1 aromatic carbocycles. The van der Waals surface area contributed by atoms with Crippen molar-refractivity contribution in [2.75, 3.05) is 0 Å². The molecule has 0 aliphatic carbocycles. The minimum absolute atomic E-state index is 0.447. The van der Waals surface area contributed by atoms with Crippen molar-refractivity contribution in [3.63, 3.8) is 0 Å². The van der Waals surface area contributed by atoms with Crippen molar-refractivity contribution in [3.05, 3.63) is 125 Å². The zero-order valence-corrected chi connectivity index (χ0v) is 17.4. The number of fused-ring (bicyclic) bond motifs is 4. The first-order chi connectivity index (χ1) is 16.1. The molecule has 0 fully saturated rings. The van der Waals surface area contributed by atoms with Crippen molar-refractivity contribution in [1.29, 1.82) is 0 Å². The van der Waals surface area contributed by atoms with E-state index < -0.39 is 5.91 Å². The van der Waals surface area contributed by atoms with Crippen LogP contribution in [0.4, 0.5) is 0 Å². The van der Waals surface area contributed by atoms with E-state index in [1.54, 1.807) is 12.1 Å². The summed E-state index contributed by atoms with van der Waals surface area (Å²) in [5, 5.41) is 0. The molecule has 2 N–H and O–H groups in total. The highest BCUT2D eigenvalue weighted by molar-refractivity contribution is 6.33. The van der Waals surface area contributed by atoms with Gasteiger partial charge in [-0.2, -0.15) is 0 Å². The maximum atomic E-state index is 12.1. The molecule has 1 amide bonds. The van der Waals surface area contributed by atoms with Gasteiger partial charge in [-0.05, 0) is 78.5 Å². The summed E-state index contributed by atoms with van der Waals surface area (Å²) in [5.41, 5.74) is 14.0. The number of nitrogens with two attached hydrogens (primary N) is 1. The predicted octanol–water partition coefficient (Wildman–Crippen LogP) is 4.21. The number of aliphatic imine (C=N–C) groups is 4. The van der Waals surface area contributed by atoms with Gasteiger partial charge in [0.1, 0.15) is 0 Å². The maximum absolute atomic E-state index is 12.1. The number of allylic oxidation sites excluding steroid dienone is 12. The van der Waals surface area contributed by atoms with Gasteiger partial charge in [0, 0.05) is 11.1 Å². The minimum atomic E-state index is -0.482. The van der Waals surface area contributed by atoms with Crippen molar-refractivity contribution in [1.82, 2.24) is 0 Å². The second-order valence-electron chi connectivity index (χ2n) is 7.85. The van der Waals surface area contributed by atoms with Gasteiger partial charge in [0.05, 0.1) is 45.6 Å². The number of carbonyl (C=O) groups is 1. The number of rotatable bonds is 2. The van der Waals surface area contributed by atoms with Gasteiger partial charge in [0.15, 0.2) is 0 Å². The van der Waals surface area contributed by atoms with E-state index in [1.165, 1.54) is 0 Å². The second-order valence-corrected chi connectivity index (χ2v) is 7.85. The van der Waals surface area contributed by atoms with Crippen molar-refractivity contribution in [3.8, 4) is 0 Å². The molecule has 0 spiro atoms. The topological polar surface area (TPSA) is 92.5 Å². The number of primary amides is 1. The lowest BCUT2D eigenvalue weighted by atomic mass is 9.95. The van der Waals surface area contributed by atoms with E-state index in [9.17, 15) is 4.79 Å². The Morgan fingerprint density at radius 3 is 1.76 bits per heavy atom. The highest BCUT2D eigenvalue weighted by atomic mass is 16.1. The highest BCUT2D eigenvalue weighted by Gasteiger charge is 2.21. The molecular weight excluding hydrogens is 410 g/mol. The summed E-state index contributed by atoms with van der Waals surface area (Å²) in [7, 11) is 0. The SMILES string of the molecule is NC(=O)c1ccccc1C1=CC2=CC3=NC(=CC4=NC(=CC5=NC(=CC1=N2)C=C5)C=C4)C=C3. The molecule has 6 heteroatoms. The molecule has 5 aliphatic heterocycles. The summed E-state index contributed by atoms with van der Waals surface area (Å²) in [6.45, 7) is 0. The molecule has 5 heterocycles. The fourth-order valence-electron chi connectivity index (χ4n) is 4.05. The predicted molar refractivity (Wildman–Crippen MR) is 132 cm³/mol. The van der Waals surface area contributed by atoms with Crippen LogP contribution in [-0.4, -0.2) is 28.8 Å². The Labute approximate surface area is 190 Å². The van der Waals surface area contributed by atoms with Crippen molar-refractivity contribution < 1.29 is 4.79 Å². The molecule has 0 unspecified atom stereocenters. The van der Waals surface area contributed by atoms with Gasteiger partial charge in [0.25, 0.3) is 0 Å². The minimum Gasteiger partial charge on any atom is -0.366 e. The van der Waals surface area contributed by atoms with E-state index in [4.69, 9.17) is 15.7 Å². The lowest BCUT2D eigenvalue weighted by Gasteiger charge is -2.08. The summed E-state index contributed by atoms with van der Waals surface area (Å²) < 4.78 is 0. The van der Waals surface area contributed by atoms with Crippen LogP contribution < -0.4 is 5.73 Å². The van der Waals surface area contributed by atoms with Crippen LogP contribution in [0.5, 0.6) is 0 Å². The van der Waals surface area contributed by atoms with Crippen LogP contribution in [0.15, 0.2) is 134 Å². The van der Waals surface area contributed by atoms with Crippen LogP contribution in [0.2, 0.25) is 0 Å². The maximum Gasteiger partial charge on any atom is 0.249 e. The van der Waals surface area contributed by atoms with Gasteiger partial charge in [-0.1, -0.05) is 18.2 Å². The number of benzene rings is 1. The number of nitrogens with zero attached hydrogens (tertiary/aromatic N) is 4. The molecule has 0 saturated heterocycles. The fourth-order valence-corrected chi connectivity index (χ4v) is 4.05. The van der Waals surface area contributed by atoms with Crippen LogP contribution in [0.1, 0.15) is 15.9 Å². The van der Waals surface area contributed by atoms with Gasteiger partial charge >= 0.3 is 0 Å². The van der Waals surface area contributed by atoms with E-state index in [2.05, 4.69) is 9.98 Å². The number of carbonyl (C=O) groups excluding carboxylic acids is 1. The first-order valence-electron chi connectivity index (χ1n) is 10.5. The average Bonchev–Trinajstić information content (AvgIpc) is 3.59. The molecule has 6 rings (SSSR count). The highest BCUT2D eigenvalue weighted by Crippen LogP contribution is 2.30. The van der Waals surface area contributed by atoms with Crippen LogP contribution >= 0.6 is 0 Å². The Hall–Kier alpha value is -4.71. The number of hydrogen-bond acceptors (Lipinski definition) is 5. The van der Waals surface area contributed by atoms with Gasteiger partial charge in [-0.15, -0.1) is 0 Å². The summed E-state index contributed by atoms with van der Waals surface area (Å²) in [6, 6.07) is 7.29. The largest absolute Gasteiger partial charge is 0.366 e. The average molecular weight is 427 g/mol. The molecule has 0 atom stereocenters. The van der Waals surface area contributed by atoms with E-state index in [1.807, 2.05) is 79.0 Å². The lowest BCUT2D eigenvalue weighted by molar-refractivity contribution is 0.1000. The molecule has 0 radical (unpaired) electrons.